The lowest BCUT2D eigenvalue weighted by Crippen LogP contribution is -2.38. The predicted octanol–water partition coefficient (Wildman–Crippen LogP) is 4.42. The van der Waals surface area contributed by atoms with Crippen molar-refractivity contribution in [3.8, 4) is 11.5 Å². The molecule has 0 fully saturated rings. The third kappa shape index (κ3) is 5.58. The molecule has 3 rings (SSSR count). The molecule has 0 unspecified atom stereocenters. The predicted molar refractivity (Wildman–Crippen MR) is 126 cm³/mol. The largest absolute Gasteiger partial charge is 0.493 e. The molecule has 0 aromatic heterocycles. The Morgan fingerprint density at radius 1 is 0.906 bits per heavy atom. The Morgan fingerprint density at radius 3 is 2.44 bits per heavy atom. The molecule has 0 saturated heterocycles. The molecule has 1 N–H and O–H groups in total. The maximum Gasteiger partial charge on any atom is 0.255 e. The summed E-state index contributed by atoms with van der Waals surface area (Å²) in [6.45, 7) is 5.26. The minimum absolute atomic E-state index is 0.105. The van der Waals surface area contributed by atoms with Gasteiger partial charge in [-0.25, -0.2) is 0 Å². The second-order valence-corrected chi connectivity index (χ2v) is 7.47. The van der Waals surface area contributed by atoms with Crippen LogP contribution in [0.25, 0.3) is 10.8 Å². The Kier molecular flexibility index (Phi) is 8.08. The Morgan fingerprint density at radius 2 is 1.66 bits per heavy atom. The molecule has 2 amide bonds. The molecule has 0 bridgehead atoms. The molecule has 3 aromatic rings. The molecule has 0 aliphatic rings. The fraction of sp³-hybridized carbons (Fsp3) is 0.308. The van der Waals surface area contributed by atoms with Gasteiger partial charge in [-0.05, 0) is 42.3 Å². The maximum absolute atomic E-state index is 12.8. The summed E-state index contributed by atoms with van der Waals surface area (Å²) in [4.78, 5) is 27.0. The molecule has 0 atom stereocenters. The zero-order valence-corrected chi connectivity index (χ0v) is 18.9. The summed E-state index contributed by atoms with van der Waals surface area (Å²) < 4.78 is 11.5. The zero-order valence-electron chi connectivity index (χ0n) is 18.9. The first-order valence-electron chi connectivity index (χ1n) is 10.9. The SMILES string of the molecule is CCCOc1ccc2ccccc2c1CN(C)C(=O)CNC(=O)c1ccccc1OCC. The average molecular weight is 435 g/mol. The first kappa shape index (κ1) is 23.1. The fourth-order valence-corrected chi connectivity index (χ4v) is 3.47. The van der Waals surface area contributed by atoms with Crippen LogP contribution in [-0.2, 0) is 11.3 Å². The van der Waals surface area contributed by atoms with E-state index in [4.69, 9.17) is 9.47 Å². The van der Waals surface area contributed by atoms with Gasteiger partial charge in [0.25, 0.3) is 5.91 Å². The van der Waals surface area contributed by atoms with Gasteiger partial charge in [0, 0.05) is 19.2 Å². The topological polar surface area (TPSA) is 67.9 Å². The molecule has 0 radical (unpaired) electrons. The lowest BCUT2D eigenvalue weighted by atomic mass is 10.0. The van der Waals surface area contributed by atoms with Crippen LogP contribution in [-0.4, -0.2) is 43.5 Å². The van der Waals surface area contributed by atoms with Crippen LogP contribution in [0.2, 0.25) is 0 Å². The van der Waals surface area contributed by atoms with Gasteiger partial charge in [-0.2, -0.15) is 0 Å². The van der Waals surface area contributed by atoms with Gasteiger partial charge in [0.1, 0.15) is 11.5 Å². The summed E-state index contributed by atoms with van der Waals surface area (Å²) in [6, 6.07) is 19.0. The number of nitrogens with one attached hydrogen (secondary N) is 1. The van der Waals surface area contributed by atoms with Crippen LogP contribution in [0.1, 0.15) is 36.2 Å². The van der Waals surface area contributed by atoms with Crippen molar-refractivity contribution in [1.29, 1.82) is 0 Å². The van der Waals surface area contributed by atoms with E-state index in [-0.39, 0.29) is 18.4 Å². The van der Waals surface area contributed by atoms with Crippen LogP contribution in [0.3, 0.4) is 0 Å². The van der Waals surface area contributed by atoms with Crippen molar-refractivity contribution < 1.29 is 19.1 Å². The lowest BCUT2D eigenvalue weighted by Gasteiger charge is -2.21. The average Bonchev–Trinajstić information content (AvgIpc) is 2.82. The van der Waals surface area contributed by atoms with Crippen LogP contribution < -0.4 is 14.8 Å². The number of ether oxygens (including phenoxy) is 2. The number of para-hydroxylation sites is 1. The highest BCUT2D eigenvalue weighted by molar-refractivity contribution is 5.98. The van der Waals surface area contributed by atoms with Crippen molar-refractivity contribution in [3.63, 3.8) is 0 Å². The van der Waals surface area contributed by atoms with E-state index in [2.05, 4.69) is 12.2 Å². The molecule has 0 heterocycles. The third-order valence-corrected chi connectivity index (χ3v) is 5.11. The van der Waals surface area contributed by atoms with E-state index in [9.17, 15) is 9.59 Å². The van der Waals surface area contributed by atoms with Crippen molar-refractivity contribution in [1.82, 2.24) is 10.2 Å². The lowest BCUT2D eigenvalue weighted by molar-refractivity contribution is -0.129. The Balaban J connectivity index is 1.71. The first-order valence-corrected chi connectivity index (χ1v) is 10.9. The second-order valence-electron chi connectivity index (χ2n) is 7.47. The van der Waals surface area contributed by atoms with Gasteiger partial charge in [0.2, 0.25) is 5.91 Å². The summed E-state index contributed by atoms with van der Waals surface area (Å²) >= 11 is 0. The number of rotatable bonds is 10. The molecule has 0 spiro atoms. The normalized spacial score (nSPS) is 10.6. The van der Waals surface area contributed by atoms with Gasteiger partial charge in [0.05, 0.1) is 25.3 Å². The number of amides is 2. The summed E-state index contributed by atoms with van der Waals surface area (Å²) in [6.07, 6.45) is 0.899. The summed E-state index contributed by atoms with van der Waals surface area (Å²) in [5.41, 5.74) is 1.37. The number of hydrogen-bond acceptors (Lipinski definition) is 4. The fourth-order valence-electron chi connectivity index (χ4n) is 3.47. The minimum atomic E-state index is -0.340. The minimum Gasteiger partial charge on any atom is -0.493 e. The molecule has 168 valence electrons. The number of carbonyl (C=O) groups is 2. The molecule has 32 heavy (non-hydrogen) atoms. The number of hydrogen-bond donors (Lipinski definition) is 1. The zero-order chi connectivity index (χ0) is 22.9. The molecule has 0 saturated carbocycles. The van der Waals surface area contributed by atoms with E-state index in [0.29, 0.717) is 31.1 Å². The highest BCUT2D eigenvalue weighted by Gasteiger charge is 2.17. The van der Waals surface area contributed by atoms with Gasteiger partial charge in [-0.1, -0.05) is 49.4 Å². The van der Waals surface area contributed by atoms with Crippen molar-refractivity contribution in [2.24, 2.45) is 0 Å². The molecular weight excluding hydrogens is 404 g/mol. The molecule has 0 aliphatic heterocycles. The van der Waals surface area contributed by atoms with Gasteiger partial charge in [0.15, 0.2) is 0 Å². The summed E-state index contributed by atoms with van der Waals surface area (Å²) in [7, 11) is 1.73. The standard InChI is InChI=1S/C26H30N2O4/c1-4-16-32-24-15-14-19-10-6-7-11-20(19)22(24)18-28(3)25(29)17-27-26(30)21-12-8-9-13-23(21)31-5-2/h6-15H,4-5,16-18H2,1-3H3,(H,27,30). The van der Waals surface area contributed by atoms with Crippen molar-refractivity contribution in [2.75, 3.05) is 26.8 Å². The van der Waals surface area contributed by atoms with E-state index >= 15 is 0 Å². The Labute approximate surface area is 189 Å². The molecule has 6 heteroatoms. The van der Waals surface area contributed by atoms with Crippen molar-refractivity contribution in [2.45, 2.75) is 26.8 Å². The van der Waals surface area contributed by atoms with Gasteiger partial charge in [-0.3, -0.25) is 9.59 Å². The molecular formula is C26H30N2O4. The van der Waals surface area contributed by atoms with Crippen LogP contribution in [0.15, 0.2) is 60.7 Å². The Hall–Kier alpha value is -3.54. The van der Waals surface area contributed by atoms with Crippen molar-refractivity contribution >= 4 is 22.6 Å². The van der Waals surface area contributed by atoms with Gasteiger partial charge >= 0.3 is 0 Å². The number of nitrogens with zero attached hydrogens (tertiary/aromatic N) is 1. The summed E-state index contributed by atoms with van der Waals surface area (Å²) in [5, 5.41) is 4.85. The van der Waals surface area contributed by atoms with E-state index in [0.717, 1.165) is 28.5 Å². The highest BCUT2D eigenvalue weighted by atomic mass is 16.5. The number of benzene rings is 3. The summed E-state index contributed by atoms with van der Waals surface area (Å²) in [5.74, 6) is 0.746. The third-order valence-electron chi connectivity index (χ3n) is 5.11. The quantitative estimate of drug-likeness (QED) is 0.513. The number of fused-ring (bicyclic) bond motifs is 1. The maximum atomic E-state index is 12.8. The smallest absolute Gasteiger partial charge is 0.255 e. The number of likely N-dealkylation sites (N-methyl/N-ethyl adjacent to an activating group) is 1. The number of carbonyl (C=O) groups excluding carboxylic acids is 2. The van der Waals surface area contributed by atoms with E-state index in [1.165, 1.54) is 0 Å². The van der Waals surface area contributed by atoms with Crippen LogP contribution in [0.5, 0.6) is 11.5 Å². The van der Waals surface area contributed by atoms with E-state index < -0.39 is 0 Å². The van der Waals surface area contributed by atoms with E-state index in [1.807, 2.05) is 49.4 Å². The first-order chi connectivity index (χ1) is 15.5. The van der Waals surface area contributed by atoms with E-state index in [1.54, 1.807) is 30.1 Å². The van der Waals surface area contributed by atoms with Gasteiger partial charge < -0.3 is 19.7 Å². The van der Waals surface area contributed by atoms with Gasteiger partial charge in [-0.15, -0.1) is 0 Å². The van der Waals surface area contributed by atoms with Crippen molar-refractivity contribution in [3.05, 3.63) is 71.8 Å². The second kappa shape index (κ2) is 11.2. The molecule has 6 nitrogen and oxygen atoms in total. The molecule has 3 aromatic carbocycles. The highest BCUT2D eigenvalue weighted by Crippen LogP contribution is 2.29. The Bertz CT molecular complexity index is 1080. The monoisotopic (exact) mass is 434 g/mol. The van der Waals surface area contributed by atoms with Crippen LogP contribution in [0.4, 0.5) is 0 Å². The molecule has 0 aliphatic carbocycles. The van der Waals surface area contributed by atoms with Crippen LogP contribution in [0, 0.1) is 0 Å². The van der Waals surface area contributed by atoms with Crippen LogP contribution >= 0.6 is 0 Å².